The highest BCUT2D eigenvalue weighted by Gasteiger charge is 1.98. The third kappa shape index (κ3) is 3.41. The summed E-state index contributed by atoms with van der Waals surface area (Å²) in [5, 5.41) is 3.87. The summed E-state index contributed by atoms with van der Waals surface area (Å²) in [6.45, 7) is 1.07. The fraction of sp³-hybridized carbons (Fsp3) is 0.167. The van der Waals surface area contributed by atoms with E-state index in [0.29, 0.717) is 19.0 Å². The summed E-state index contributed by atoms with van der Waals surface area (Å²) < 4.78 is 0. The third-order valence-corrected chi connectivity index (χ3v) is 2.54. The van der Waals surface area contributed by atoms with Gasteiger partial charge in [-0.15, -0.1) is 0 Å². The minimum atomic E-state index is 0.415. The monoisotopic (exact) mass is 248 g/mol. The molecule has 0 fully saturated rings. The van der Waals surface area contributed by atoms with Gasteiger partial charge in [0.25, 0.3) is 0 Å². The molecular weight excluding hydrogens is 236 g/mol. The molecule has 2 rings (SSSR count). The SMILES string of the molecule is NCc1ccnc(NCc2ccc(Cl)cc2)n1. The topological polar surface area (TPSA) is 63.8 Å². The summed E-state index contributed by atoms with van der Waals surface area (Å²) in [6.07, 6.45) is 1.69. The highest BCUT2D eigenvalue weighted by atomic mass is 35.5. The Morgan fingerprint density at radius 1 is 1.18 bits per heavy atom. The van der Waals surface area contributed by atoms with Crippen LogP contribution in [0.2, 0.25) is 5.02 Å². The van der Waals surface area contributed by atoms with Crippen molar-refractivity contribution in [3.05, 3.63) is 52.8 Å². The van der Waals surface area contributed by atoms with Crippen molar-refractivity contribution in [2.45, 2.75) is 13.1 Å². The van der Waals surface area contributed by atoms with Gasteiger partial charge < -0.3 is 11.1 Å². The number of hydrogen-bond acceptors (Lipinski definition) is 4. The average Bonchev–Trinajstić information content (AvgIpc) is 2.38. The molecule has 88 valence electrons. The first-order chi connectivity index (χ1) is 8.28. The predicted octanol–water partition coefficient (Wildman–Crippen LogP) is 2.20. The number of nitrogens with two attached hydrogens (primary N) is 1. The lowest BCUT2D eigenvalue weighted by molar-refractivity contribution is 0.950. The van der Waals surface area contributed by atoms with Gasteiger partial charge in [-0.3, -0.25) is 0 Å². The summed E-state index contributed by atoms with van der Waals surface area (Å²) in [6, 6.07) is 9.43. The van der Waals surface area contributed by atoms with Gasteiger partial charge in [0.1, 0.15) is 0 Å². The first kappa shape index (κ1) is 11.8. The largest absolute Gasteiger partial charge is 0.350 e. The normalized spacial score (nSPS) is 10.2. The van der Waals surface area contributed by atoms with E-state index in [2.05, 4.69) is 15.3 Å². The van der Waals surface area contributed by atoms with Crippen molar-refractivity contribution in [2.24, 2.45) is 5.73 Å². The van der Waals surface area contributed by atoms with E-state index in [4.69, 9.17) is 17.3 Å². The maximum atomic E-state index is 5.81. The number of anilines is 1. The van der Waals surface area contributed by atoms with E-state index in [1.54, 1.807) is 12.3 Å². The maximum absolute atomic E-state index is 5.81. The smallest absolute Gasteiger partial charge is 0.223 e. The molecule has 4 nitrogen and oxygen atoms in total. The molecule has 0 unspecified atom stereocenters. The lowest BCUT2D eigenvalue weighted by atomic mass is 10.2. The maximum Gasteiger partial charge on any atom is 0.223 e. The van der Waals surface area contributed by atoms with Crippen LogP contribution in [0.5, 0.6) is 0 Å². The first-order valence-electron chi connectivity index (χ1n) is 5.28. The Labute approximate surface area is 105 Å². The van der Waals surface area contributed by atoms with E-state index in [9.17, 15) is 0 Å². The average molecular weight is 249 g/mol. The molecule has 0 aliphatic heterocycles. The molecule has 3 N–H and O–H groups in total. The molecule has 1 aromatic heterocycles. The number of aromatic nitrogens is 2. The van der Waals surface area contributed by atoms with Crippen LogP contribution in [0.25, 0.3) is 0 Å². The molecule has 0 saturated heterocycles. The molecule has 5 heteroatoms. The van der Waals surface area contributed by atoms with E-state index >= 15 is 0 Å². The van der Waals surface area contributed by atoms with Crippen molar-refractivity contribution in [3.63, 3.8) is 0 Å². The number of hydrogen-bond donors (Lipinski definition) is 2. The summed E-state index contributed by atoms with van der Waals surface area (Å²) >= 11 is 5.81. The Morgan fingerprint density at radius 2 is 1.94 bits per heavy atom. The Kier molecular flexibility index (Phi) is 3.90. The van der Waals surface area contributed by atoms with Crippen LogP contribution >= 0.6 is 11.6 Å². The Bertz CT molecular complexity index is 484. The summed E-state index contributed by atoms with van der Waals surface area (Å²) in [5.41, 5.74) is 7.45. The quantitative estimate of drug-likeness (QED) is 0.871. The first-order valence-corrected chi connectivity index (χ1v) is 5.66. The van der Waals surface area contributed by atoms with Crippen LogP contribution in [0.4, 0.5) is 5.95 Å². The standard InChI is InChI=1S/C12H13ClN4/c13-10-3-1-9(2-4-10)8-16-12-15-6-5-11(7-14)17-12/h1-6H,7-8,14H2,(H,15,16,17). The van der Waals surface area contributed by atoms with Gasteiger partial charge in [-0.25, -0.2) is 9.97 Å². The van der Waals surface area contributed by atoms with E-state index in [1.165, 1.54) is 0 Å². The second-order valence-electron chi connectivity index (χ2n) is 3.56. The van der Waals surface area contributed by atoms with E-state index in [-0.39, 0.29) is 0 Å². The van der Waals surface area contributed by atoms with Gasteiger partial charge >= 0.3 is 0 Å². The molecular formula is C12H13ClN4. The molecule has 0 aliphatic rings. The van der Waals surface area contributed by atoms with Gasteiger partial charge in [0.2, 0.25) is 5.95 Å². The van der Waals surface area contributed by atoms with Crippen molar-refractivity contribution >= 4 is 17.5 Å². The Morgan fingerprint density at radius 3 is 2.65 bits per heavy atom. The van der Waals surface area contributed by atoms with E-state index in [0.717, 1.165) is 16.3 Å². The molecule has 0 atom stereocenters. The van der Waals surface area contributed by atoms with Gasteiger partial charge in [0.05, 0.1) is 5.69 Å². The number of nitrogens with zero attached hydrogens (tertiary/aromatic N) is 2. The number of rotatable bonds is 4. The molecule has 0 saturated carbocycles. The number of benzene rings is 1. The van der Waals surface area contributed by atoms with E-state index < -0.39 is 0 Å². The zero-order valence-corrected chi connectivity index (χ0v) is 9.98. The van der Waals surface area contributed by atoms with Crippen LogP contribution in [-0.4, -0.2) is 9.97 Å². The van der Waals surface area contributed by atoms with Crippen LogP contribution < -0.4 is 11.1 Å². The second kappa shape index (κ2) is 5.61. The van der Waals surface area contributed by atoms with Crippen molar-refractivity contribution in [1.82, 2.24) is 9.97 Å². The fourth-order valence-electron chi connectivity index (χ4n) is 1.38. The van der Waals surface area contributed by atoms with Crippen molar-refractivity contribution in [2.75, 3.05) is 5.32 Å². The van der Waals surface area contributed by atoms with Crippen molar-refractivity contribution < 1.29 is 0 Å². The van der Waals surface area contributed by atoms with E-state index in [1.807, 2.05) is 24.3 Å². The lowest BCUT2D eigenvalue weighted by Crippen LogP contribution is -2.06. The molecule has 2 aromatic rings. The van der Waals surface area contributed by atoms with Crippen LogP contribution in [0.3, 0.4) is 0 Å². The molecule has 0 bridgehead atoms. The summed E-state index contributed by atoms with van der Waals surface area (Å²) in [4.78, 5) is 8.37. The van der Waals surface area contributed by atoms with Crippen LogP contribution in [-0.2, 0) is 13.1 Å². The minimum Gasteiger partial charge on any atom is -0.350 e. The number of halogens is 1. The summed E-state index contributed by atoms with van der Waals surface area (Å²) in [5.74, 6) is 0.586. The molecule has 1 heterocycles. The van der Waals surface area contributed by atoms with Gasteiger partial charge in [0.15, 0.2) is 0 Å². The third-order valence-electron chi connectivity index (χ3n) is 2.29. The zero-order valence-electron chi connectivity index (χ0n) is 9.23. The van der Waals surface area contributed by atoms with Gasteiger partial charge in [-0.05, 0) is 23.8 Å². The molecule has 17 heavy (non-hydrogen) atoms. The zero-order chi connectivity index (χ0) is 12.1. The second-order valence-corrected chi connectivity index (χ2v) is 3.99. The fourth-order valence-corrected chi connectivity index (χ4v) is 1.50. The Hall–Kier alpha value is -1.65. The van der Waals surface area contributed by atoms with Gasteiger partial charge in [-0.1, -0.05) is 23.7 Å². The van der Waals surface area contributed by atoms with Crippen LogP contribution in [0, 0.1) is 0 Å². The molecule has 1 aromatic carbocycles. The highest BCUT2D eigenvalue weighted by molar-refractivity contribution is 6.30. The van der Waals surface area contributed by atoms with Gasteiger partial charge in [-0.2, -0.15) is 0 Å². The molecule has 0 spiro atoms. The van der Waals surface area contributed by atoms with Crippen molar-refractivity contribution in [3.8, 4) is 0 Å². The number of nitrogens with one attached hydrogen (secondary N) is 1. The molecule has 0 radical (unpaired) electrons. The molecule has 0 amide bonds. The molecule has 0 aliphatic carbocycles. The van der Waals surface area contributed by atoms with Crippen molar-refractivity contribution in [1.29, 1.82) is 0 Å². The minimum absolute atomic E-state index is 0.415. The highest BCUT2D eigenvalue weighted by Crippen LogP contribution is 2.10. The van der Waals surface area contributed by atoms with Gasteiger partial charge in [0, 0.05) is 24.3 Å². The summed E-state index contributed by atoms with van der Waals surface area (Å²) in [7, 11) is 0. The van der Waals surface area contributed by atoms with Crippen LogP contribution in [0.15, 0.2) is 36.5 Å². The Balaban J connectivity index is 1.99. The lowest BCUT2D eigenvalue weighted by Gasteiger charge is -2.05. The van der Waals surface area contributed by atoms with Crippen LogP contribution in [0.1, 0.15) is 11.3 Å². The predicted molar refractivity (Wildman–Crippen MR) is 68.7 cm³/mol.